The fourth-order valence-electron chi connectivity index (χ4n) is 0.848. The average molecular weight is 259 g/mol. The van der Waals surface area contributed by atoms with Gasteiger partial charge in [0, 0.05) is 0 Å². The Kier molecular flexibility index (Phi) is 3.95. The van der Waals surface area contributed by atoms with E-state index in [0.29, 0.717) is 5.75 Å². The third kappa shape index (κ3) is 3.03. The van der Waals surface area contributed by atoms with Crippen molar-refractivity contribution in [2.75, 3.05) is 6.61 Å². The Bertz CT molecular complexity index is 325. The predicted octanol–water partition coefficient (Wildman–Crippen LogP) is 2.55. The second kappa shape index (κ2) is 5.00. The highest BCUT2D eigenvalue weighted by atomic mass is 79.9. The topological polar surface area (TPSA) is 46.5 Å². The van der Waals surface area contributed by atoms with Gasteiger partial charge in [-0.25, -0.2) is 0 Å². The van der Waals surface area contributed by atoms with Gasteiger partial charge in [-0.2, -0.15) is 0 Å². The number of rotatable bonds is 4. The van der Waals surface area contributed by atoms with Gasteiger partial charge in [-0.1, -0.05) is 12.1 Å². The van der Waals surface area contributed by atoms with Crippen LogP contribution in [0.1, 0.15) is 6.92 Å². The maximum Gasteiger partial charge on any atom is 0.309 e. The molecule has 0 fully saturated rings. The Morgan fingerprint density at radius 3 is 2.79 bits per heavy atom. The molecule has 0 aliphatic rings. The van der Waals surface area contributed by atoms with Gasteiger partial charge in [0.15, 0.2) is 0 Å². The Hall–Kier alpha value is -1.03. The summed E-state index contributed by atoms with van der Waals surface area (Å²) < 4.78 is 6.16. The number of aliphatic carboxylic acids is 1. The quantitative estimate of drug-likeness (QED) is 0.903. The summed E-state index contributed by atoms with van der Waals surface area (Å²) >= 11 is 3.31. The molecule has 4 heteroatoms. The van der Waals surface area contributed by atoms with Gasteiger partial charge in [0.05, 0.1) is 10.4 Å². The van der Waals surface area contributed by atoms with Crippen molar-refractivity contribution >= 4 is 21.9 Å². The maximum absolute atomic E-state index is 10.5. The van der Waals surface area contributed by atoms with Crippen molar-refractivity contribution in [1.29, 1.82) is 0 Å². The van der Waals surface area contributed by atoms with E-state index < -0.39 is 11.9 Å². The van der Waals surface area contributed by atoms with Gasteiger partial charge in [0.2, 0.25) is 0 Å². The lowest BCUT2D eigenvalue weighted by molar-refractivity contribution is -0.142. The molecule has 0 heterocycles. The van der Waals surface area contributed by atoms with E-state index >= 15 is 0 Å². The third-order valence-corrected chi connectivity index (χ3v) is 2.40. The molecule has 76 valence electrons. The van der Waals surface area contributed by atoms with E-state index in [2.05, 4.69) is 15.9 Å². The summed E-state index contributed by atoms with van der Waals surface area (Å²) in [4.78, 5) is 10.5. The molecule has 1 aromatic rings. The maximum atomic E-state index is 10.5. The molecule has 1 atom stereocenters. The number of para-hydroxylation sites is 1. The standard InChI is InChI=1S/C10H11BrO3/c1-7(10(12)13)6-14-9-5-3-2-4-8(9)11/h2-5,7H,6H2,1H3,(H,12,13). The van der Waals surface area contributed by atoms with Gasteiger partial charge >= 0.3 is 5.97 Å². The van der Waals surface area contributed by atoms with Crippen LogP contribution >= 0.6 is 15.9 Å². The Morgan fingerprint density at radius 2 is 2.21 bits per heavy atom. The van der Waals surface area contributed by atoms with Crippen molar-refractivity contribution in [3.8, 4) is 5.75 Å². The normalized spacial score (nSPS) is 12.1. The van der Waals surface area contributed by atoms with E-state index in [1.807, 2.05) is 18.2 Å². The van der Waals surface area contributed by atoms with Crippen LogP contribution in [-0.2, 0) is 4.79 Å². The SMILES string of the molecule is CC(COc1ccccc1Br)C(=O)O. The van der Waals surface area contributed by atoms with Crippen LogP contribution in [0.5, 0.6) is 5.75 Å². The summed E-state index contributed by atoms with van der Waals surface area (Å²) in [7, 11) is 0. The number of carbonyl (C=O) groups is 1. The van der Waals surface area contributed by atoms with E-state index in [1.165, 1.54) is 0 Å². The van der Waals surface area contributed by atoms with Crippen molar-refractivity contribution in [3.63, 3.8) is 0 Å². The van der Waals surface area contributed by atoms with Gasteiger partial charge < -0.3 is 9.84 Å². The van der Waals surface area contributed by atoms with E-state index in [4.69, 9.17) is 9.84 Å². The van der Waals surface area contributed by atoms with Crippen LogP contribution in [-0.4, -0.2) is 17.7 Å². The molecule has 1 N–H and O–H groups in total. The van der Waals surface area contributed by atoms with Gasteiger partial charge in [0.25, 0.3) is 0 Å². The molecular formula is C10H11BrO3. The Morgan fingerprint density at radius 1 is 1.57 bits per heavy atom. The molecule has 1 aromatic carbocycles. The van der Waals surface area contributed by atoms with Crippen molar-refractivity contribution in [2.45, 2.75) is 6.92 Å². The highest BCUT2D eigenvalue weighted by molar-refractivity contribution is 9.10. The van der Waals surface area contributed by atoms with Crippen molar-refractivity contribution in [2.24, 2.45) is 5.92 Å². The first-order valence-electron chi connectivity index (χ1n) is 4.21. The van der Waals surface area contributed by atoms with Crippen LogP contribution in [0.2, 0.25) is 0 Å². The van der Waals surface area contributed by atoms with Crippen LogP contribution in [0, 0.1) is 5.92 Å². The van der Waals surface area contributed by atoms with Gasteiger partial charge in [0.1, 0.15) is 12.4 Å². The molecule has 0 aliphatic carbocycles. The third-order valence-electron chi connectivity index (χ3n) is 1.75. The fraction of sp³-hybridized carbons (Fsp3) is 0.300. The zero-order chi connectivity index (χ0) is 10.6. The largest absolute Gasteiger partial charge is 0.492 e. The highest BCUT2D eigenvalue weighted by Crippen LogP contribution is 2.24. The lowest BCUT2D eigenvalue weighted by atomic mass is 10.2. The lowest BCUT2D eigenvalue weighted by Crippen LogP contribution is -2.17. The summed E-state index contributed by atoms with van der Waals surface area (Å²) in [5.41, 5.74) is 0. The lowest BCUT2D eigenvalue weighted by Gasteiger charge is -2.10. The molecule has 3 nitrogen and oxygen atoms in total. The van der Waals surface area contributed by atoms with Crippen molar-refractivity contribution in [1.82, 2.24) is 0 Å². The molecule has 0 spiro atoms. The molecule has 0 bridgehead atoms. The minimum Gasteiger partial charge on any atom is -0.492 e. The Labute approximate surface area is 90.8 Å². The van der Waals surface area contributed by atoms with Gasteiger partial charge in [-0.05, 0) is 35.0 Å². The van der Waals surface area contributed by atoms with Crippen molar-refractivity contribution < 1.29 is 14.6 Å². The van der Waals surface area contributed by atoms with Crippen LogP contribution in [0.25, 0.3) is 0 Å². The van der Waals surface area contributed by atoms with Crippen LogP contribution in [0.4, 0.5) is 0 Å². The fourth-order valence-corrected chi connectivity index (χ4v) is 1.25. The molecule has 1 unspecified atom stereocenters. The second-order valence-corrected chi connectivity index (χ2v) is 3.84. The first-order valence-corrected chi connectivity index (χ1v) is 5.00. The Balaban J connectivity index is 2.54. The number of benzene rings is 1. The molecule has 0 amide bonds. The average Bonchev–Trinajstić information content (AvgIpc) is 2.16. The van der Waals surface area contributed by atoms with Crippen molar-refractivity contribution in [3.05, 3.63) is 28.7 Å². The molecule has 14 heavy (non-hydrogen) atoms. The summed E-state index contributed by atoms with van der Waals surface area (Å²) in [6.07, 6.45) is 0. The summed E-state index contributed by atoms with van der Waals surface area (Å²) in [5.74, 6) is -0.681. The number of carboxylic acid groups (broad SMARTS) is 1. The van der Waals surface area contributed by atoms with Crippen LogP contribution in [0.3, 0.4) is 0 Å². The minimum atomic E-state index is -0.850. The monoisotopic (exact) mass is 258 g/mol. The minimum absolute atomic E-state index is 0.179. The molecule has 1 rings (SSSR count). The number of carboxylic acids is 1. The number of hydrogen-bond donors (Lipinski definition) is 1. The van der Waals surface area contributed by atoms with Crippen LogP contribution < -0.4 is 4.74 Å². The number of halogens is 1. The molecule has 0 radical (unpaired) electrons. The number of ether oxygens (including phenoxy) is 1. The smallest absolute Gasteiger partial charge is 0.309 e. The number of hydrogen-bond acceptors (Lipinski definition) is 2. The summed E-state index contributed by atoms with van der Waals surface area (Å²) in [6.45, 7) is 1.79. The predicted molar refractivity (Wildman–Crippen MR) is 56.4 cm³/mol. The van der Waals surface area contributed by atoms with Gasteiger partial charge in [-0.15, -0.1) is 0 Å². The summed E-state index contributed by atoms with van der Waals surface area (Å²) in [6, 6.07) is 7.35. The van der Waals surface area contributed by atoms with E-state index in [1.54, 1.807) is 13.0 Å². The zero-order valence-electron chi connectivity index (χ0n) is 7.74. The van der Waals surface area contributed by atoms with E-state index in [-0.39, 0.29) is 6.61 Å². The summed E-state index contributed by atoms with van der Waals surface area (Å²) in [5, 5.41) is 8.64. The molecule has 0 aromatic heterocycles. The first-order chi connectivity index (χ1) is 6.61. The molecule has 0 aliphatic heterocycles. The second-order valence-electron chi connectivity index (χ2n) is 2.98. The van der Waals surface area contributed by atoms with E-state index in [0.717, 1.165) is 4.47 Å². The molecular weight excluding hydrogens is 248 g/mol. The van der Waals surface area contributed by atoms with Crippen LogP contribution in [0.15, 0.2) is 28.7 Å². The van der Waals surface area contributed by atoms with E-state index in [9.17, 15) is 4.79 Å². The molecule has 0 saturated heterocycles. The first kappa shape index (κ1) is 11.0. The highest BCUT2D eigenvalue weighted by Gasteiger charge is 2.11. The molecule has 0 saturated carbocycles. The van der Waals surface area contributed by atoms with Gasteiger partial charge in [-0.3, -0.25) is 4.79 Å². The zero-order valence-corrected chi connectivity index (χ0v) is 9.32.